The third-order valence-electron chi connectivity index (χ3n) is 1.90. The SMILES string of the molecule is C#CCC(C)NC(=O)c1cscc1C. The van der Waals surface area contributed by atoms with Crippen molar-refractivity contribution in [1.82, 2.24) is 5.32 Å². The summed E-state index contributed by atoms with van der Waals surface area (Å²) < 4.78 is 0. The minimum absolute atomic E-state index is 0.0341. The van der Waals surface area contributed by atoms with Gasteiger partial charge in [-0.05, 0) is 24.8 Å². The number of hydrogen-bond acceptors (Lipinski definition) is 2. The zero-order chi connectivity index (χ0) is 10.6. The van der Waals surface area contributed by atoms with E-state index in [4.69, 9.17) is 6.42 Å². The van der Waals surface area contributed by atoms with Crippen LogP contribution in [0.2, 0.25) is 0 Å². The monoisotopic (exact) mass is 207 g/mol. The highest BCUT2D eigenvalue weighted by atomic mass is 32.1. The van der Waals surface area contributed by atoms with Gasteiger partial charge in [0.2, 0.25) is 0 Å². The summed E-state index contributed by atoms with van der Waals surface area (Å²) in [5.74, 6) is 2.48. The first-order chi connectivity index (χ1) is 6.65. The molecule has 0 saturated heterocycles. The fraction of sp³-hybridized carbons (Fsp3) is 0.364. The van der Waals surface area contributed by atoms with Gasteiger partial charge >= 0.3 is 0 Å². The Morgan fingerprint density at radius 3 is 2.93 bits per heavy atom. The van der Waals surface area contributed by atoms with Gasteiger partial charge in [0, 0.05) is 17.8 Å². The van der Waals surface area contributed by atoms with Crippen molar-refractivity contribution in [3.8, 4) is 12.3 Å². The van der Waals surface area contributed by atoms with Crippen LogP contribution in [0.3, 0.4) is 0 Å². The van der Waals surface area contributed by atoms with Crippen LogP contribution in [0.25, 0.3) is 0 Å². The van der Waals surface area contributed by atoms with Crippen LogP contribution in [0.4, 0.5) is 0 Å². The molecule has 2 nitrogen and oxygen atoms in total. The molecule has 0 bridgehead atoms. The fourth-order valence-corrected chi connectivity index (χ4v) is 1.95. The van der Waals surface area contributed by atoms with E-state index in [2.05, 4.69) is 11.2 Å². The summed E-state index contributed by atoms with van der Waals surface area (Å²) in [5, 5.41) is 6.66. The second-order valence-electron chi connectivity index (χ2n) is 3.25. The molecule has 1 unspecified atom stereocenters. The van der Waals surface area contributed by atoms with Crippen LogP contribution in [0.15, 0.2) is 10.8 Å². The molecule has 0 aliphatic heterocycles. The van der Waals surface area contributed by atoms with E-state index in [1.807, 2.05) is 24.6 Å². The van der Waals surface area contributed by atoms with E-state index in [0.717, 1.165) is 11.1 Å². The predicted octanol–water partition coefficient (Wildman–Crippen LogP) is 2.20. The average molecular weight is 207 g/mol. The topological polar surface area (TPSA) is 29.1 Å². The maximum absolute atomic E-state index is 11.6. The number of hydrogen-bond donors (Lipinski definition) is 1. The zero-order valence-corrected chi connectivity index (χ0v) is 9.15. The predicted molar refractivity (Wildman–Crippen MR) is 59.4 cm³/mol. The van der Waals surface area contributed by atoms with Crippen LogP contribution in [0.1, 0.15) is 29.3 Å². The number of aryl methyl sites for hydroxylation is 1. The van der Waals surface area contributed by atoms with Gasteiger partial charge in [-0.2, -0.15) is 11.3 Å². The smallest absolute Gasteiger partial charge is 0.252 e. The highest BCUT2D eigenvalue weighted by molar-refractivity contribution is 7.08. The van der Waals surface area contributed by atoms with Gasteiger partial charge in [0.05, 0.1) is 5.56 Å². The van der Waals surface area contributed by atoms with Gasteiger partial charge in [0.25, 0.3) is 5.91 Å². The molecule has 3 heteroatoms. The number of amides is 1. The van der Waals surface area contributed by atoms with Crippen molar-refractivity contribution in [3.05, 3.63) is 21.9 Å². The number of nitrogens with one attached hydrogen (secondary N) is 1. The number of carbonyl (C=O) groups excluding carboxylic acids is 1. The molecule has 1 aromatic heterocycles. The van der Waals surface area contributed by atoms with E-state index in [1.165, 1.54) is 11.3 Å². The Balaban J connectivity index is 2.60. The lowest BCUT2D eigenvalue weighted by atomic mass is 10.2. The lowest BCUT2D eigenvalue weighted by Gasteiger charge is -2.10. The minimum atomic E-state index is -0.0356. The Hall–Kier alpha value is -1.27. The number of carbonyl (C=O) groups is 1. The first kappa shape index (κ1) is 10.8. The number of terminal acetylenes is 1. The third kappa shape index (κ3) is 2.61. The molecule has 0 aliphatic rings. The second kappa shape index (κ2) is 4.83. The van der Waals surface area contributed by atoms with Crippen LogP contribution in [0.5, 0.6) is 0 Å². The molecule has 1 N–H and O–H groups in total. The van der Waals surface area contributed by atoms with E-state index in [-0.39, 0.29) is 11.9 Å². The van der Waals surface area contributed by atoms with E-state index in [0.29, 0.717) is 6.42 Å². The largest absolute Gasteiger partial charge is 0.349 e. The molecule has 1 amide bonds. The quantitative estimate of drug-likeness (QED) is 0.756. The van der Waals surface area contributed by atoms with Gasteiger partial charge in [-0.1, -0.05) is 0 Å². The molecule has 1 rings (SSSR count). The van der Waals surface area contributed by atoms with Gasteiger partial charge in [0.1, 0.15) is 0 Å². The molecule has 0 aromatic carbocycles. The van der Waals surface area contributed by atoms with Crippen molar-refractivity contribution in [1.29, 1.82) is 0 Å². The van der Waals surface area contributed by atoms with Crippen molar-refractivity contribution in [2.24, 2.45) is 0 Å². The summed E-state index contributed by atoms with van der Waals surface area (Å²) >= 11 is 1.53. The van der Waals surface area contributed by atoms with E-state index < -0.39 is 0 Å². The minimum Gasteiger partial charge on any atom is -0.349 e. The summed E-state index contributed by atoms with van der Waals surface area (Å²) in [6.45, 7) is 3.83. The molecule has 14 heavy (non-hydrogen) atoms. The zero-order valence-electron chi connectivity index (χ0n) is 8.33. The Morgan fingerprint density at radius 1 is 1.71 bits per heavy atom. The summed E-state index contributed by atoms with van der Waals surface area (Å²) in [5.41, 5.74) is 1.76. The van der Waals surface area contributed by atoms with Gasteiger partial charge in [0.15, 0.2) is 0 Å². The standard InChI is InChI=1S/C11H13NOS/c1-4-5-9(3)12-11(13)10-7-14-6-8(10)2/h1,6-7,9H,5H2,2-3H3,(H,12,13). The average Bonchev–Trinajstić information content (AvgIpc) is 2.51. The van der Waals surface area contributed by atoms with Crippen molar-refractivity contribution in [2.75, 3.05) is 0 Å². The van der Waals surface area contributed by atoms with E-state index >= 15 is 0 Å². The molecule has 1 aromatic rings. The second-order valence-corrected chi connectivity index (χ2v) is 3.99. The van der Waals surface area contributed by atoms with Crippen molar-refractivity contribution in [3.63, 3.8) is 0 Å². The molecule has 1 heterocycles. The normalized spacial score (nSPS) is 11.8. The van der Waals surface area contributed by atoms with Crippen LogP contribution in [-0.2, 0) is 0 Å². The van der Waals surface area contributed by atoms with Crippen LogP contribution < -0.4 is 5.32 Å². The van der Waals surface area contributed by atoms with Crippen LogP contribution >= 0.6 is 11.3 Å². The molecule has 1 atom stereocenters. The number of rotatable bonds is 3. The van der Waals surface area contributed by atoms with Gasteiger partial charge in [-0.3, -0.25) is 4.79 Å². The fourth-order valence-electron chi connectivity index (χ4n) is 1.12. The molecular weight excluding hydrogens is 194 g/mol. The summed E-state index contributed by atoms with van der Waals surface area (Å²) in [4.78, 5) is 11.6. The van der Waals surface area contributed by atoms with E-state index in [9.17, 15) is 4.79 Å². The third-order valence-corrected chi connectivity index (χ3v) is 2.76. The first-order valence-electron chi connectivity index (χ1n) is 4.42. The molecule has 74 valence electrons. The van der Waals surface area contributed by atoms with Crippen molar-refractivity contribution >= 4 is 17.2 Å². The highest BCUT2D eigenvalue weighted by Gasteiger charge is 2.11. The Bertz CT molecular complexity index is 362. The molecule has 0 spiro atoms. The molecule has 0 radical (unpaired) electrons. The summed E-state index contributed by atoms with van der Waals surface area (Å²) in [7, 11) is 0. The van der Waals surface area contributed by atoms with Crippen molar-refractivity contribution in [2.45, 2.75) is 26.3 Å². The molecule has 0 aliphatic carbocycles. The Kier molecular flexibility index (Phi) is 3.73. The van der Waals surface area contributed by atoms with Gasteiger partial charge < -0.3 is 5.32 Å². The van der Waals surface area contributed by atoms with Crippen LogP contribution in [0, 0.1) is 19.3 Å². The van der Waals surface area contributed by atoms with Gasteiger partial charge in [-0.15, -0.1) is 12.3 Å². The van der Waals surface area contributed by atoms with E-state index in [1.54, 1.807) is 0 Å². The lowest BCUT2D eigenvalue weighted by Crippen LogP contribution is -2.32. The summed E-state index contributed by atoms with van der Waals surface area (Å²) in [6.07, 6.45) is 5.72. The molecular formula is C11H13NOS. The Labute approximate surface area is 88.3 Å². The van der Waals surface area contributed by atoms with Gasteiger partial charge in [-0.25, -0.2) is 0 Å². The summed E-state index contributed by atoms with van der Waals surface area (Å²) in [6, 6.07) is 0.0341. The van der Waals surface area contributed by atoms with Crippen LogP contribution in [-0.4, -0.2) is 11.9 Å². The highest BCUT2D eigenvalue weighted by Crippen LogP contribution is 2.13. The number of thiophene rings is 1. The maximum atomic E-state index is 11.6. The van der Waals surface area contributed by atoms with Crippen molar-refractivity contribution < 1.29 is 4.79 Å². The maximum Gasteiger partial charge on any atom is 0.252 e. The molecule has 0 fully saturated rings. The Morgan fingerprint density at radius 2 is 2.43 bits per heavy atom. The first-order valence-corrected chi connectivity index (χ1v) is 5.36. The lowest BCUT2D eigenvalue weighted by molar-refractivity contribution is 0.0941. The molecule has 0 saturated carbocycles.